The van der Waals surface area contributed by atoms with Crippen LogP contribution in [-0.2, 0) is 24.1 Å². The number of aromatic nitrogens is 2. The molecule has 0 unspecified atom stereocenters. The maximum absolute atomic E-state index is 10.9. The number of hydrogen-bond donors (Lipinski definition) is 0. The van der Waals surface area contributed by atoms with Gasteiger partial charge in [-0.15, -0.1) is 11.3 Å². The molecule has 6 nitrogen and oxygen atoms in total. The lowest BCUT2D eigenvalue weighted by Crippen LogP contribution is -2.36. The highest BCUT2D eigenvalue weighted by atomic mass is 32.1. The minimum atomic E-state index is 0.629. The number of fused-ring (bicyclic) bond motifs is 3. The lowest BCUT2D eigenvalue weighted by Gasteiger charge is -2.25. The summed E-state index contributed by atoms with van der Waals surface area (Å²) < 4.78 is 11.6. The van der Waals surface area contributed by atoms with E-state index >= 15 is 0 Å². The fraction of sp³-hybridized carbons (Fsp3) is 0.381. The zero-order valence-corrected chi connectivity index (χ0v) is 16.3. The van der Waals surface area contributed by atoms with E-state index in [1.54, 1.807) is 23.5 Å². The zero-order chi connectivity index (χ0) is 18.9. The first-order valence-electron chi connectivity index (χ1n) is 9.64. The molecule has 0 spiro atoms. The minimum Gasteiger partial charge on any atom is -0.438 e. The third-order valence-corrected chi connectivity index (χ3v) is 6.46. The summed E-state index contributed by atoms with van der Waals surface area (Å²) >= 11 is 1.77. The molecule has 0 amide bonds. The quantitative estimate of drug-likeness (QED) is 0.615. The number of carbonyl (C=O) groups excluding carboxylic acids is 1. The smallest absolute Gasteiger partial charge is 0.231 e. The SMILES string of the molecule is O=Cc1ccc(Oc2nc(CN3CCOCC3)nc3sc4c(c23)CCC4)cc1. The van der Waals surface area contributed by atoms with Crippen LogP contribution in [0.2, 0.25) is 0 Å². The van der Waals surface area contributed by atoms with Gasteiger partial charge in [0.2, 0.25) is 5.88 Å². The summed E-state index contributed by atoms with van der Waals surface area (Å²) in [6.45, 7) is 3.99. The van der Waals surface area contributed by atoms with Gasteiger partial charge in [-0.1, -0.05) is 0 Å². The Morgan fingerprint density at radius 1 is 1.14 bits per heavy atom. The molecule has 0 saturated carbocycles. The number of nitrogens with zero attached hydrogens (tertiary/aromatic N) is 3. The molecule has 0 N–H and O–H groups in total. The number of hydrogen-bond acceptors (Lipinski definition) is 7. The van der Waals surface area contributed by atoms with E-state index in [1.807, 2.05) is 12.1 Å². The van der Waals surface area contributed by atoms with Gasteiger partial charge in [0.05, 0.1) is 25.1 Å². The van der Waals surface area contributed by atoms with Crippen molar-refractivity contribution in [2.75, 3.05) is 26.3 Å². The number of aryl methyl sites for hydroxylation is 2. The number of carbonyl (C=O) groups is 1. The van der Waals surface area contributed by atoms with Gasteiger partial charge < -0.3 is 9.47 Å². The first kappa shape index (κ1) is 17.7. The van der Waals surface area contributed by atoms with Crippen molar-refractivity contribution < 1.29 is 14.3 Å². The Morgan fingerprint density at radius 3 is 2.75 bits per heavy atom. The van der Waals surface area contributed by atoms with Crippen LogP contribution in [0.3, 0.4) is 0 Å². The van der Waals surface area contributed by atoms with Gasteiger partial charge in [-0.05, 0) is 49.1 Å². The van der Waals surface area contributed by atoms with Crippen LogP contribution in [0, 0.1) is 0 Å². The molecule has 5 rings (SSSR count). The molecule has 28 heavy (non-hydrogen) atoms. The molecule has 3 aromatic rings. The normalized spacial score (nSPS) is 17.0. The third kappa shape index (κ3) is 3.41. The summed E-state index contributed by atoms with van der Waals surface area (Å²) in [5, 5.41) is 1.06. The van der Waals surface area contributed by atoms with Crippen LogP contribution in [0.5, 0.6) is 11.6 Å². The standard InChI is InChI=1S/C21H21N3O3S/c25-13-14-4-6-15(7-5-14)27-20-19-16-2-1-3-17(16)28-21(19)23-18(22-20)12-24-8-10-26-11-9-24/h4-7,13H,1-3,8-12H2. The number of rotatable bonds is 5. The maximum atomic E-state index is 10.9. The van der Waals surface area contributed by atoms with Crippen LogP contribution in [0.1, 0.15) is 33.0 Å². The maximum Gasteiger partial charge on any atom is 0.231 e. The molecule has 0 bridgehead atoms. The molecule has 3 heterocycles. The van der Waals surface area contributed by atoms with E-state index in [9.17, 15) is 4.79 Å². The summed E-state index contributed by atoms with van der Waals surface area (Å²) in [6, 6.07) is 7.14. The zero-order valence-electron chi connectivity index (χ0n) is 15.5. The number of morpholine rings is 1. The molecule has 0 radical (unpaired) electrons. The Bertz CT molecular complexity index is 1010. The van der Waals surface area contributed by atoms with E-state index in [0.717, 1.165) is 61.5 Å². The third-order valence-electron chi connectivity index (χ3n) is 5.28. The molecule has 1 fully saturated rings. The Balaban J connectivity index is 1.52. The fourth-order valence-corrected chi connectivity index (χ4v) is 5.11. The second-order valence-electron chi connectivity index (χ2n) is 7.16. The predicted molar refractivity (Wildman–Crippen MR) is 107 cm³/mol. The van der Waals surface area contributed by atoms with Crippen molar-refractivity contribution in [1.29, 1.82) is 0 Å². The van der Waals surface area contributed by atoms with Crippen molar-refractivity contribution in [2.24, 2.45) is 0 Å². The average Bonchev–Trinajstić information content (AvgIpc) is 3.30. The number of aldehydes is 1. The van der Waals surface area contributed by atoms with Crippen molar-refractivity contribution in [3.63, 3.8) is 0 Å². The van der Waals surface area contributed by atoms with Crippen molar-refractivity contribution in [3.05, 3.63) is 46.1 Å². The summed E-state index contributed by atoms with van der Waals surface area (Å²) in [6.07, 6.45) is 4.18. The van der Waals surface area contributed by atoms with Crippen LogP contribution >= 0.6 is 11.3 Å². The Labute approximate surface area is 167 Å². The van der Waals surface area contributed by atoms with Gasteiger partial charge in [-0.3, -0.25) is 9.69 Å². The van der Waals surface area contributed by atoms with E-state index in [4.69, 9.17) is 19.4 Å². The Hall–Kier alpha value is -2.35. The second kappa shape index (κ2) is 7.58. The van der Waals surface area contributed by atoms with E-state index in [1.165, 1.54) is 16.9 Å². The van der Waals surface area contributed by atoms with Crippen LogP contribution in [0.25, 0.3) is 10.2 Å². The molecule has 7 heteroatoms. The predicted octanol–water partition coefficient (Wildman–Crippen LogP) is 3.62. The molecule has 0 atom stereocenters. The highest BCUT2D eigenvalue weighted by Gasteiger charge is 2.24. The summed E-state index contributed by atoms with van der Waals surface area (Å²) in [5.41, 5.74) is 1.97. The van der Waals surface area contributed by atoms with E-state index in [0.29, 0.717) is 23.7 Å². The van der Waals surface area contributed by atoms with Gasteiger partial charge in [0.25, 0.3) is 0 Å². The van der Waals surface area contributed by atoms with Gasteiger partial charge in [0.1, 0.15) is 22.7 Å². The van der Waals surface area contributed by atoms with Crippen molar-refractivity contribution >= 4 is 27.8 Å². The molecule has 1 saturated heterocycles. The van der Waals surface area contributed by atoms with Crippen LogP contribution in [0.4, 0.5) is 0 Å². The van der Waals surface area contributed by atoms with Crippen molar-refractivity contribution in [1.82, 2.24) is 14.9 Å². The number of thiophene rings is 1. The highest BCUT2D eigenvalue weighted by molar-refractivity contribution is 7.19. The molecule has 1 aromatic carbocycles. The fourth-order valence-electron chi connectivity index (χ4n) is 3.83. The van der Waals surface area contributed by atoms with Crippen molar-refractivity contribution in [2.45, 2.75) is 25.8 Å². The summed E-state index contributed by atoms with van der Waals surface area (Å²) in [4.78, 5) is 25.3. The number of ether oxygens (including phenoxy) is 2. The monoisotopic (exact) mass is 395 g/mol. The lowest BCUT2D eigenvalue weighted by molar-refractivity contribution is 0.0330. The molecular formula is C21H21N3O3S. The molecule has 1 aliphatic carbocycles. The Morgan fingerprint density at radius 2 is 1.96 bits per heavy atom. The molecular weight excluding hydrogens is 374 g/mol. The van der Waals surface area contributed by atoms with Gasteiger partial charge in [-0.25, -0.2) is 4.98 Å². The molecule has 2 aliphatic rings. The summed E-state index contributed by atoms with van der Waals surface area (Å²) in [7, 11) is 0. The first-order chi connectivity index (χ1) is 13.8. The van der Waals surface area contributed by atoms with Gasteiger partial charge in [0, 0.05) is 23.5 Å². The van der Waals surface area contributed by atoms with Crippen molar-refractivity contribution in [3.8, 4) is 11.6 Å². The lowest BCUT2D eigenvalue weighted by atomic mass is 10.2. The second-order valence-corrected chi connectivity index (χ2v) is 8.24. The van der Waals surface area contributed by atoms with Gasteiger partial charge >= 0.3 is 0 Å². The first-order valence-corrected chi connectivity index (χ1v) is 10.5. The average molecular weight is 395 g/mol. The molecule has 144 valence electrons. The van der Waals surface area contributed by atoms with E-state index < -0.39 is 0 Å². The number of benzene rings is 1. The van der Waals surface area contributed by atoms with Crippen LogP contribution < -0.4 is 4.74 Å². The summed E-state index contributed by atoms with van der Waals surface area (Å²) in [5.74, 6) is 2.10. The van der Waals surface area contributed by atoms with E-state index in [2.05, 4.69) is 4.90 Å². The van der Waals surface area contributed by atoms with Gasteiger partial charge in [0.15, 0.2) is 0 Å². The highest BCUT2D eigenvalue weighted by Crippen LogP contribution is 2.41. The van der Waals surface area contributed by atoms with Crippen LogP contribution in [0.15, 0.2) is 24.3 Å². The molecule has 2 aromatic heterocycles. The Kier molecular flexibility index (Phi) is 4.80. The van der Waals surface area contributed by atoms with E-state index in [-0.39, 0.29) is 0 Å². The molecule has 1 aliphatic heterocycles. The van der Waals surface area contributed by atoms with Gasteiger partial charge in [-0.2, -0.15) is 4.98 Å². The largest absolute Gasteiger partial charge is 0.438 e. The minimum absolute atomic E-state index is 0.629. The van der Waals surface area contributed by atoms with Crippen LogP contribution in [-0.4, -0.2) is 47.5 Å². The topological polar surface area (TPSA) is 64.5 Å².